The monoisotopic (exact) mass is 526 g/mol. The van der Waals surface area contributed by atoms with Gasteiger partial charge >= 0.3 is 0 Å². The first-order valence-corrected chi connectivity index (χ1v) is 13.3. The maximum absolute atomic E-state index is 13.8. The van der Waals surface area contributed by atoms with Gasteiger partial charge in [-0.3, -0.25) is 9.10 Å². The molecule has 0 radical (unpaired) electrons. The summed E-state index contributed by atoms with van der Waals surface area (Å²) in [6.45, 7) is 5.41. The number of nitrogens with one attached hydrogen (secondary N) is 1. The maximum atomic E-state index is 13.8. The van der Waals surface area contributed by atoms with E-state index in [1.807, 2.05) is 39.0 Å². The van der Waals surface area contributed by atoms with Gasteiger partial charge in [-0.15, -0.1) is 0 Å². The van der Waals surface area contributed by atoms with Gasteiger partial charge in [0.1, 0.15) is 12.3 Å². The van der Waals surface area contributed by atoms with E-state index in [-0.39, 0.29) is 16.7 Å². The molecule has 9 heteroatoms. The number of methoxy groups -OCH3 is 3. The highest BCUT2D eigenvalue weighted by Crippen LogP contribution is 2.32. The lowest BCUT2D eigenvalue weighted by molar-refractivity contribution is -0.120. The van der Waals surface area contributed by atoms with Crippen molar-refractivity contribution < 1.29 is 27.4 Å². The zero-order valence-corrected chi connectivity index (χ0v) is 22.9. The molecule has 0 aliphatic heterocycles. The lowest BCUT2D eigenvalue weighted by atomic mass is 10.0. The maximum Gasteiger partial charge on any atom is 0.264 e. The van der Waals surface area contributed by atoms with Gasteiger partial charge in [0, 0.05) is 6.07 Å². The number of hydrogen-bond acceptors (Lipinski definition) is 6. The molecule has 198 valence electrons. The summed E-state index contributed by atoms with van der Waals surface area (Å²) in [4.78, 5) is 13.2. The molecule has 0 aliphatic rings. The van der Waals surface area contributed by atoms with E-state index in [9.17, 15) is 13.2 Å². The van der Waals surface area contributed by atoms with Gasteiger partial charge in [0.05, 0.1) is 38.0 Å². The van der Waals surface area contributed by atoms with Gasteiger partial charge in [-0.05, 0) is 61.7 Å². The van der Waals surface area contributed by atoms with Crippen molar-refractivity contribution >= 4 is 21.6 Å². The first-order chi connectivity index (χ1) is 17.6. The first kappa shape index (κ1) is 27.9. The molecule has 3 aromatic rings. The quantitative estimate of drug-likeness (QED) is 0.386. The van der Waals surface area contributed by atoms with Gasteiger partial charge in [-0.1, -0.05) is 36.8 Å². The highest BCUT2D eigenvalue weighted by Gasteiger charge is 2.29. The van der Waals surface area contributed by atoms with Crippen molar-refractivity contribution in [1.82, 2.24) is 5.32 Å². The van der Waals surface area contributed by atoms with Crippen LogP contribution in [0.3, 0.4) is 0 Å². The highest BCUT2D eigenvalue weighted by atomic mass is 32.2. The fourth-order valence-electron chi connectivity index (χ4n) is 4.04. The number of rotatable bonds is 11. The Labute approximate surface area is 219 Å². The van der Waals surface area contributed by atoms with E-state index in [4.69, 9.17) is 14.2 Å². The first-order valence-electron chi connectivity index (χ1n) is 11.9. The Kier molecular flexibility index (Phi) is 9.04. The lowest BCUT2D eigenvalue weighted by Crippen LogP contribution is -2.42. The number of nitrogens with zero attached hydrogens (tertiary/aromatic N) is 1. The summed E-state index contributed by atoms with van der Waals surface area (Å²) in [5.41, 5.74) is 3.21. The molecule has 0 aliphatic carbocycles. The number of ether oxygens (including phenoxy) is 3. The zero-order chi connectivity index (χ0) is 27.2. The van der Waals surface area contributed by atoms with Crippen LogP contribution in [-0.2, 0) is 14.8 Å². The standard InChI is InChI=1S/C28H34N2O6S/c1-7-24(21-10-14-25(34-4)20(3)16-21)29-28(31)18-30(22-11-8-19(2)9-12-22)37(32,33)23-13-15-26(35-5)27(17-23)36-6/h8-17,24H,7,18H2,1-6H3,(H,29,31). The summed E-state index contributed by atoms with van der Waals surface area (Å²) < 4.78 is 44.6. The number of benzene rings is 3. The molecular weight excluding hydrogens is 492 g/mol. The molecule has 0 bridgehead atoms. The van der Waals surface area contributed by atoms with E-state index in [0.717, 1.165) is 26.7 Å². The van der Waals surface area contributed by atoms with E-state index in [1.54, 1.807) is 31.4 Å². The largest absolute Gasteiger partial charge is 0.496 e. The number of sulfonamides is 1. The molecule has 0 fully saturated rings. The van der Waals surface area contributed by atoms with Crippen LogP contribution in [0.2, 0.25) is 0 Å². The van der Waals surface area contributed by atoms with Crippen molar-refractivity contribution in [3.8, 4) is 17.2 Å². The number of carbonyl (C=O) groups is 1. The Bertz CT molecular complexity index is 1340. The SMILES string of the molecule is CCC(NC(=O)CN(c1ccc(C)cc1)S(=O)(=O)c1ccc(OC)c(OC)c1)c1ccc(OC)c(C)c1. The third kappa shape index (κ3) is 6.35. The summed E-state index contributed by atoms with van der Waals surface area (Å²) in [6, 6.07) is 16.8. The van der Waals surface area contributed by atoms with E-state index < -0.39 is 22.5 Å². The Morgan fingerprint density at radius 2 is 1.49 bits per heavy atom. The lowest BCUT2D eigenvalue weighted by Gasteiger charge is -2.26. The molecule has 1 unspecified atom stereocenters. The number of hydrogen-bond donors (Lipinski definition) is 1. The molecule has 0 heterocycles. The number of aryl methyl sites for hydroxylation is 2. The van der Waals surface area contributed by atoms with Gasteiger partial charge in [0.25, 0.3) is 10.0 Å². The van der Waals surface area contributed by atoms with Crippen molar-refractivity contribution in [2.75, 3.05) is 32.2 Å². The minimum atomic E-state index is -4.12. The van der Waals surface area contributed by atoms with Gasteiger partial charge in [0.2, 0.25) is 5.91 Å². The van der Waals surface area contributed by atoms with Crippen LogP contribution in [0.5, 0.6) is 17.2 Å². The minimum Gasteiger partial charge on any atom is -0.496 e. The van der Waals surface area contributed by atoms with E-state index >= 15 is 0 Å². The van der Waals surface area contributed by atoms with Crippen LogP contribution < -0.4 is 23.8 Å². The molecule has 0 spiro atoms. The molecule has 8 nitrogen and oxygen atoms in total. The summed E-state index contributed by atoms with van der Waals surface area (Å²) in [6.07, 6.45) is 0.629. The molecule has 1 N–H and O–H groups in total. The molecule has 37 heavy (non-hydrogen) atoms. The summed E-state index contributed by atoms with van der Waals surface area (Å²) in [5.74, 6) is 1.01. The third-order valence-corrected chi connectivity index (χ3v) is 7.89. The molecule has 3 aromatic carbocycles. The molecular formula is C28H34N2O6S. The second kappa shape index (κ2) is 12.0. The summed E-state index contributed by atoms with van der Waals surface area (Å²) in [7, 11) is 0.400. The topological polar surface area (TPSA) is 94.2 Å². The van der Waals surface area contributed by atoms with Crippen LogP contribution in [0.15, 0.2) is 65.6 Å². The predicted octanol–water partition coefficient (Wildman–Crippen LogP) is 4.79. The molecule has 0 saturated heterocycles. The molecule has 1 atom stereocenters. The Morgan fingerprint density at radius 1 is 0.865 bits per heavy atom. The second-order valence-electron chi connectivity index (χ2n) is 8.62. The fraction of sp³-hybridized carbons (Fsp3) is 0.321. The summed E-state index contributed by atoms with van der Waals surface area (Å²) >= 11 is 0. The van der Waals surface area contributed by atoms with Crippen molar-refractivity contribution in [2.24, 2.45) is 0 Å². The molecule has 0 saturated carbocycles. The third-order valence-electron chi connectivity index (χ3n) is 6.12. The van der Waals surface area contributed by atoms with Crippen molar-refractivity contribution in [1.29, 1.82) is 0 Å². The number of anilines is 1. The number of amides is 1. The Morgan fingerprint density at radius 3 is 2.05 bits per heavy atom. The van der Waals surface area contributed by atoms with E-state index in [2.05, 4.69) is 5.32 Å². The van der Waals surface area contributed by atoms with Crippen molar-refractivity contribution in [2.45, 2.75) is 38.1 Å². The van der Waals surface area contributed by atoms with Crippen LogP contribution >= 0.6 is 0 Å². The van der Waals surface area contributed by atoms with Crippen molar-refractivity contribution in [3.05, 3.63) is 77.4 Å². The van der Waals surface area contributed by atoms with Crippen LogP contribution in [0.1, 0.15) is 36.1 Å². The average Bonchev–Trinajstić information content (AvgIpc) is 2.90. The molecule has 1 amide bonds. The van der Waals surface area contributed by atoms with Crippen molar-refractivity contribution in [3.63, 3.8) is 0 Å². The smallest absolute Gasteiger partial charge is 0.264 e. The number of carbonyl (C=O) groups excluding carboxylic acids is 1. The highest BCUT2D eigenvalue weighted by molar-refractivity contribution is 7.92. The Hall–Kier alpha value is -3.72. The van der Waals surface area contributed by atoms with Crippen LogP contribution in [0.4, 0.5) is 5.69 Å². The summed E-state index contributed by atoms with van der Waals surface area (Å²) in [5, 5.41) is 2.99. The van der Waals surface area contributed by atoms with Gasteiger partial charge in [0.15, 0.2) is 11.5 Å². The van der Waals surface area contributed by atoms with E-state index in [1.165, 1.54) is 32.4 Å². The van der Waals surface area contributed by atoms with Crippen LogP contribution in [0, 0.1) is 13.8 Å². The molecule has 0 aromatic heterocycles. The fourth-order valence-corrected chi connectivity index (χ4v) is 5.48. The minimum absolute atomic E-state index is 0.0173. The average molecular weight is 527 g/mol. The predicted molar refractivity (Wildman–Crippen MR) is 144 cm³/mol. The van der Waals surface area contributed by atoms with E-state index in [0.29, 0.717) is 17.9 Å². The van der Waals surface area contributed by atoms with Gasteiger partial charge in [-0.2, -0.15) is 0 Å². The second-order valence-corrected chi connectivity index (χ2v) is 10.5. The molecule has 3 rings (SSSR count). The zero-order valence-electron chi connectivity index (χ0n) is 22.1. The normalized spacial score (nSPS) is 11.9. The van der Waals surface area contributed by atoms with Gasteiger partial charge < -0.3 is 19.5 Å². The van der Waals surface area contributed by atoms with Crippen LogP contribution in [-0.4, -0.2) is 42.2 Å². The van der Waals surface area contributed by atoms with Gasteiger partial charge in [-0.25, -0.2) is 8.42 Å². The Balaban J connectivity index is 1.94. The van der Waals surface area contributed by atoms with Crippen LogP contribution in [0.25, 0.3) is 0 Å².